The molecule has 0 aromatic heterocycles. The fourth-order valence-corrected chi connectivity index (χ4v) is 4.49. The minimum atomic E-state index is -3.72. The fraction of sp³-hybridized carbons (Fsp3) is 0.0952. The maximum absolute atomic E-state index is 12.5. The van der Waals surface area contributed by atoms with Crippen molar-refractivity contribution >= 4 is 55.0 Å². The van der Waals surface area contributed by atoms with Crippen LogP contribution in [0.4, 0.5) is 11.4 Å². The van der Waals surface area contributed by atoms with Gasteiger partial charge >= 0.3 is 0 Å². The average molecular weight is 507 g/mol. The summed E-state index contributed by atoms with van der Waals surface area (Å²) < 4.78 is 33.5. The van der Waals surface area contributed by atoms with E-state index in [-0.39, 0.29) is 16.6 Å². The van der Waals surface area contributed by atoms with E-state index >= 15 is 0 Å². The normalized spacial score (nSPS) is 11.0. The molecule has 0 saturated heterocycles. The van der Waals surface area contributed by atoms with E-state index in [2.05, 4.69) is 26.0 Å². The first-order valence-corrected chi connectivity index (χ1v) is 12.1. The van der Waals surface area contributed by atoms with E-state index in [0.717, 1.165) is 15.1 Å². The van der Waals surface area contributed by atoms with Gasteiger partial charge in [0.15, 0.2) is 0 Å². The molecule has 0 fully saturated rings. The van der Waals surface area contributed by atoms with Gasteiger partial charge in [-0.3, -0.25) is 9.52 Å². The third kappa shape index (κ3) is 6.25. The van der Waals surface area contributed by atoms with Gasteiger partial charge in [0, 0.05) is 20.7 Å². The Morgan fingerprint density at radius 3 is 2.13 bits per heavy atom. The Hall–Kier alpha value is -2.49. The zero-order valence-corrected chi connectivity index (χ0v) is 19.2. The number of hydrogen-bond donors (Lipinski definition) is 2. The predicted octanol–water partition coefficient (Wildman–Crippen LogP) is 4.99. The lowest BCUT2D eigenvalue weighted by atomic mass is 10.3. The van der Waals surface area contributed by atoms with E-state index in [0.29, 0.717) is 11.4 Å². The minimum absolute atomic E-state index is 0.107. The molecule has 3 rings (SSSR count). The lowest BCUT2D eigenvalue weighted by Gasteiger charge is -2.10. The van der Waals surface area contributed by atoms with Crippen molar-refractivity contribution in [1.82, 2.24) is 0 Å². The number of hydrogen-bond acceptors (Lipinski definition) is 5. The molecular formula is C21H19BrN2O4S2. The predicted molar refractivity (Wildman–Crippen MR) is 124 cm³/mol. The molecule has 0 bridgehead atoms. The molecule has 0 aliphatic carbocycles. The van der Waals surface area contributed by atoms with E-state index in [9.17, 15) is 13.2 Å². The first kappa shape index (κ1) is 22.2. The Kier molecular flexibility index (Phi) is 7.41. The molecule has 0 radical (unpaired) electrons. The van der Waals surface area contributed by atoms with Gasteiger partial charge in [0.25, 0.3) is 10.0 Å². The number of carbonyl (C=O) groups is 1. The van der Waals surface area contributed by atoms with Crippen molar-refractivity contribution in [3.05, 3.63) is 77.3 Å². The zero-order chi connectivity index (χ0) is 21.6. The molecule has 3 aromatic rings. The molecular weight excluding hydrogens is 488 g/mol. The summed E-state index contributed by atoms with van der Waals surface area (Å²) in [6, 6.07) is 20.3. The molecule has 2 N–H and O–H groups in total. The first-order valence-electron chi connectivity index (χ1n) is 8.81. The maximum Gasteiger partial charge on any atom is 0.261 e. The lowest BCUT2D eigenvalue weighted by molar-refractivity contribution is -0.113. The van der Waals surface area contributed by atoms with Gasteiger partial charge in [0.05, 0.1) is 17.8 Å². The number of thioether (sulfide) groups is 1. The van der Waals surface area contributed by atoms with Crippen LogP contribution in [0.15, 0.2) is 87.1 Å². The molecule has 0 spiro atoms. The van der Waals surface area contributed by atoms with Crippen molar-refractivity contribution in [2.24, 2.45) is 0 Å². The molecule has 3 aromatic carbocycles. The summed E-state index contributed by atoms with van der Waals surface area (Å²) in [5, 5.41) is 2.76. The van der Waals surface area contributed by atoms with E-state index in [1.165, 1.54) is 23.9 Å². The monoisotopic (exact) mass is 506 g/mol. The molecule has 0 aliphatic heterocycles. The smallest absolute Gasteiger partial charge is 0.261 e. The van der Waals surface area contributed by atoms with E-state index in [1.807, 2.05) is 24.3 Å². The summed E-state index contributed by atoms with van der Waals surface area (Å²) in [7, 11) is -2.12. The number of benzene rings is 3. The van der Waals surface area contributed by atoms with Crippen LogP contribution < -0.4 is 14.8 Å². The zero-order valence-electron chi connectivity index (χ0n) is 16.0. The summed E-state index contributed by atoms with van der Waals surface area (Å²) in [5.41, 5.74) is 0.990. The van der Waals surface area contributed by atoms with Crippen molar-refractivity contribution < 1.29 is 17.9 Å². The molecule has 1 amide bonds. The number of anilines is 2. The van der Waals surface area contributed by atoms with Gasteiger partial charge in [0.2, 0.25) is 5.91 Å². The second-order valence-corrected chi connectivity index (χ2v) is 9.80. The minimum Gasteiger partial charge on any atom is -0.497 e. The lowest BCUT2D eigenvalue weighted by Crippen LogP contribution is -2.15. The Balaban J connectivity index is 1.56. The van der Waals surface area contributed by atoms with E-state index in [1.54, 1.807) is 43.5 Å². The highest BCUT2D eigenvalue weighted by atomic mass is 79.9. The maximum atomic E-state index is 12.5. The van der Waals surface area contributed by atoms with Crippen molar-refractivity contribution in [3.63, 3.8) is 0 Å². The van der Waals surface area contributed by atoms with Gasteiger partial charge in [0.1, 0.15) is 5.75 Å². The molecule has 0 unspecified atom stereocenters. The third-order valence-electron chi connectivity index (χ3n) is 3.97. The van der Waals surface area contributed by atoms with Gasteiger partial charge in [-0.1, -0.05) is 15.9 Å². The standard InChI is InChI=1S/C21H19BrN2O4S2/c1-28-18-8-10-19(11-9-18)29-14-21(25)23-16-6-12-20(13-7-16)30(26,27)24-17-4-2-15(22)3-5-17/h2-13,24H,14H2,1H3,(H,23,25). The number of methoxy groups -OCH3 is 1. The molecule has 30 heavy (non-hydrogen) atoms. The van der Waals surface area contributed by atoms with Crippen LogP contribution in [-0.4, -0.2) is 27.2 Å². The Bertz CT molecular complexity index is 1100. The van der Waals surface area contributed by atoms with Crippen LogP contribution in [0.1, 0.15) is 0 Å². The Morgan fingerprint density at radius 1 is 0.933 bits per heavy atom. The Labute approximate surface area is 188 Å². The average Bonchev–Trinajstić information content (AvgIpc) is 2.74. The fourth-order valence-electron chi connectivity index (χ4n) is 2.47. The van der Waals surface area contributed by atoms with Crippen molar-refractivity contribution in [2.45, 2.75) is 9.79 Å². The van der Waals surface area contributed by atoms with Crippen LogP contribution in [-0.2, 0) is 14.8 Å². The summed E-state index contributed by atoms with van der Waals surface area (Å²) in [6.07, 6.45) is 0. The molecule has 6 nitrogen and oxygen atoms in total. The number of ether oxygens (including phenoxy) is 1. The molecule has 0 heterocycles. The number of halogens is 1. The molecule has 0 saturated carbocycles. The summed E-state index contributed by atoms with van der Waals surface area (Å²) in [5.74, 6) is 0.810. The topological polar surface area (TPSA) is 84.5 Å². The van der Waals surface area contributed by atoms with Crippen LogP contribution in [0, 0.1) is 0 Å². The molecule has 0 atom stereocenters. The van der Waals surface area contributed by atoms with Gasteiger partial charge in [-0.05, 0) is 72.8 Å². The second-order valence-electron chi connectivity index (χ2n) is 6.15. The second kappa shape index (κ2) is 10.0. The van der Waals surface area contributed by atoms with E-state index in [4.69, 9.17) is 4.74 Å². The van der Waals surface area contributed by atoms with Crippen LogP contribution >= 0.6 is 27.7 Å². The quantitative estimate of drug-likeness (QED) is 0.420. The number of amides is 1. The first-order chi connectivity index (χ1) is 14.4. The van der Waals surface area contributed by atoms with Gasteiger partial charge in [-0.2, -0.15) is 0 Å². The van der Waals surface area contributed by atoms with Crippen LogP contribution in [0.2, 0.25) is 0 Å². The molecule has 0 aliphatic rings. The number of sulfonamides is 1. The SMILES string of the molecule is COc1ccc(SCC(=O)Nc2ccc(S(=O)(=O)Nc3ccc(Br)cc3)cc2)cc1. The summed E-state index contributed by atoms with van der Waals surface area (Å²) in [4.78, 5) is 13.2. The summed E-state index contributed by atoms with van der Waals surface area (Å²) in [6.45, 7) is 0. The van der Waals surface area contributed by atoms with Gasteiger partial charge in [-0.15, -0.1) is 11.8 Å². The summed E-state index contributed by atoms with van der Waals surface area (Å²) >= 11 is 4.71. The van der Waals surface area contributed by atoms with Gasteiger partial charge in [-0.25, -0.2) is 8.42 Å². The van der Waals surface area contributed by atoms with Crippen LogP contribution in [0.25, 0.3) is 0 Å². The van der Waals surface area contributed by atoms with Crippen LogP contribution in [0.5, 0.6) is 5.75 Å². The largest absolute Gasteiger partial charge is 0.497 e. The van der Waals surface area contributed by atoms with Gasteiger partial charge < -0.3 is 10.1 Å². The number of carbonyl (C=O) groups excluding carboxylic acids is 1. The molecule has 9 heteroatoms. The van der Waals surface area contributed by atoms with Crippen molar-refractivity contribution in [1.29, 1.82) is 0 Å². The highest BCUT2D eigenvalue weighted by Crippen LogP contribution is 2.22. The van der Waals surface area contributed by atoms with Crippen molar-refractivity contribution in [3.8, 4) is 5.75 Å². The van der Waals surface area contributed by atoms with E-state index < -0.39 is 10.0 Å². The number of rotatable bonds is 8. The Morgan fingerprint density at radius 2 is 1.53 bits per heavy atom. The molecule has 156 valence electrons. The third-order valence-corrected chi connectivity index (χ3v) is 6.91. The highest BCUT2D eigenvalue weighted by Gasteiger charge is 2.14. The number of nitrogens with one attached hydrogen (secondary N) is 2. The highest BCUT2D eigenvalue weighted by molar-refractivity contribution is 9.10. The van der Waals surface area contributed by atoms with Crippen LogP contribution in [0.3, 0.4) is 0 Å². The van der Waals surface area contributed by atoms with Crippen molar-refractivity contribution in [2.75, 3.05) is 22.9 Å².